The minimum atomic E-state index is -4.67. The number of benzene rings is 3. The minimum Gasteiger partial charge on any atom is -0.488 e. The van der Waals surface area contributed by atoms with E-state index >= 15 is 0 Å². The molecule has 0 unspecified atom stereocenters. The molecule has 0 aliphatic rings. The molecular weight excluding hydrogens is 643 g/mol. The van der Waals surface area contributed by atoms with Gasteiger partial charge in [0, 0.05) is 5.56 Å². The lowest BCUT2D eigenvalue weighted by Gasteiger charge is -2.17. The fraction of sp³-hybridized carbons (Fsp3) is 0.161. The molecule has 0 aliphatic carbocycles. The molecule has 0 bridgehead atoms. The fourth-order valence-electron chi connectivity index (χ4n) is 4.97. The first-order chi connectivity index (χ1) is 22.1. The van der Waals surface area contributed by atoms with E-state index in [1.54, 1.807) is 32.9 Å². The molecule has 3 aromatic carbocycles. The van der Waals surface area contributed by atoms with Crippen molar-refractivity contribution in [2.75, 3.05) is 5.73 Å². The Morgan fingerprint density at radius 1 is 0.936 bits per heavy atom. The average molecular weight is 670 g/mol. The van der Waals surface area contributed by atoms with Crippen LogP contribution in [0.15, 0.2) is 76.2 Å². The van der Waals surface area contributed by atoms with Crippen LogP contribution < -0.4 is 15.9 Å². The third-order valence-electron chi connectivity index (χ3n) is 6.83. The summed E-state index contributed by atoms with van der Waals surface area (Å²) in [6.07, 6.45) is 1.04. The highest BCUT2D eigenvalue weighted by molar-refractivity contribution is 7.79. The van der Waals surface area contributed by atoms with Crippen LogP contribution in [0.2, 0.25) is 0 Å². The quantitative estimate of drug-likeness (QED) is 0.177. The second kappa shape index (κ2) is 12.8. The van der Waals surface area contributed by atoms with Gasteiger partial charge in [0.15, 0.2) is 17.2 Å². The van der Waals surface area contributed by atoms with Crippen molar-refractivity contribution in [3.8, 4) is 28.1 Å². The van der Waals surface area contributed by atoms with E-state index in [9.17, 15) is 18.0 Å². The summed E-state index contributed by atoms with van der Waals surface area (Å²) in [4.78, 5) is 22.3. The van der Waals surface area contributed by atoms with Gasteiger partial charge in [-0.05, 0) is 74.9 Å². The van der Waals surface area contributed by atoms with E-state index in [1.807, 2.05) is 0 Å². The van der Waals surface area contributed by atoms with Crippen molar-refractivity contribution < 1.29 is 39.8 Å². The number of rotatable bonds is 6. The first-order valence-electron chi connectivity index (χ1n) is 13.8. The van der Waals surface area contributed by atoms with Crippen molar-refractivity contribution in [2.24, 2.45) is 0 Å². The lowest BCUT2D eigenvalue weighted by atomic mass is 9.99. The number of nitrogens with zero attached hydrogens (tertiary/aromatic N) is 4. The number of anilines is 1. The van der Waals surface area contributed by atoms with Crippen LogP contribution >= 0.6 is 0 Å². The monoisotopic (exact) mass is 669 g/mol. The zero-order chi connectivity index (χ0) is 34.2. The molecule has 4 N–H and O–H groups in total. The summed E-state index contributed by atoms with van der Waals surface area (Å²) in [6.45, 7) is 5.30. The molecule has 0 aliphatic heterocycles. The van der Waals surface area contributed by atoms with Gasteiger partial charge in [-0.25, -0.2) is 27.8 Å². The number of halogens is 3. The van der Waals surface area contributed by atoms with E-state index in [1.165, 1.54) is 53.5 Å². The number of nitrogens with two attached hydrogens (primary N) is 1. The molecule has 1 atom stereocenters. The minimum absolute atomic E-state index is 0.00183. The molecular formula is C31H26F3N5O7S. The van der Waals surface area contributed by atoms with Gasteiger partial charge < -0.3 is 14.9 Å². The molecule has 16 heteroatoms. The third-order valence-corrected chi connectivity index (χ3v) is 6.83. The largest absolute Gasteiger partial charge is 0.488 e. The lowest BCUT2D eigenvalue weighted by molar-refractivity contribution is 0.231. The molecule has 244 valence electrons. The van der Waals surface area contributed by atoms with Gasteiger partial charge in [-0.1, -0.05) is 12.1 Å². The van der Waals surface area contributed by atoms with Gasteiger partial charge in [-0.15, -0.1) is 0 Å². The van der Waals surface area contributed by atoms with Crippen LogP contribution in [0.5, 0.6) is 5.75 Å². The Hall–Kier alpha value is -5.32. The van der Waals surface area contributed by atoms with Gasteiger partial charge in [0.1, 0.15) is 46.9 Å². The van der Waals surface area contributed by atoms with Gasteiger partial charge in [0.2, 0.25) is 5.43 Å². The summed E-state index contributed by atoms with van der Waals surface area (Å²) in [5, 5.41) is 5.10. The highest BCUT2D eigenvalue weighted by Gasteiger charge is 2.27. The second-order valence-electron chi connectivity index (χ2n) is 10.5. The lowest BCUT2D eigenvalue weighted by Crippen LogP contribution is -2.16. The number of ether oxygens (including phenoxy) is 1. The smallest absolute Gasteiger partial charge is 0.394 e. The molecule has 3 heterocycles. The Kier molecular flexibility index (Phi) is 9.02. The Bertz CT molecular complexity index is 2300. The predicted molar refractivity (Wildman–Crippen MR) is 167 cm³/mol. The summed E-state index contributed by atoms with van der Waals surface area (Å²) in [6, 6.07) is 12.7. The van der Waals surface area contributed by atoms with Crippen LogP contribution in [-0.4, -0.2) is 43.4 Å². The highest BCUT2D eigenvalue weighted by Crippen LogP contribution is 2.37. The van der Waals surface area contributed by atoms with Gasteiger partial charge in [-0.3, -0.25) is 13.9 Å². The summed E-state index contributed by atoms with van der Waals surface area (Å²) < 4.78 is 88.2. The van der Waals surface area contributed by atoms with Crippen LogP contribution in [0.4, 0.5) is 19.0 Å². The van der Waals surface area contributed by atoms with Crippen molar-refractivity contribution in [1.82, 2.24) is 19.7 Å². The molecule has 3 aromatic heterocycles. The van der Waals surface area contributed by atoms with Crippen molar-refractivity contribution in [3.63, 3.8) is 0 Å². The van der Waals surface area contributed by atoms with E-state index in [0.717, 1.165) is 6.07 Å². The van der Waals surface area contributed by atoms with Crippen LogP contribution in [-0.2, 0) is 10.4 Å². The Labute approximate surface area is 264 Å². The number of fused-ring (bicyclic) bond motifs is 2. The number of aromatic nitrogens is 4. The van der Waals surface area contributed by atoms with E-state index in [4.69, 9.17) is 37.5 Å². The summed E-state index contributed by atoms with van der Waals surface area (Å²) in [5.41, 5.74) is 7.10. The maximum Gasteiger partial charge on any atom is 0.394 e. The van der Waals surface area contributed by atoms with Gasteiger partial charge in [0.25, 0.3) is 0 Å². The van der Waals surface area contributed by atoms with E-state index in [-0.39, 0.29) is 45.5 Å². The first-order valence-corrected chi connectivity index (χ1v) is 15.2. The zero-order valence-corrected chi connectivity index (χ0v) is 25.7. The summed E-state index contributed by atoms with van der Waals surface area (Å²) in [7, 11) is -4.67. The van der Waals surface area contributed by atoms with Crippen molar-refractivity contribution in [3.05, 3.63) is 100 Å². The standard InChI is InChI=1S/C31H24F3N5O3.H2O4S/c1-15(2)41-24-9-7-18(12-22(24)34)27-26-30(35)36-14-37-31(26)39(38-27)16(3)29-25(17-5-4-6-19(32)11-17)28(40)21-13-20(33)8-10-23(21)42-29;1-5(2,3)4/h4-16H,1-3H3,(H2,35,36,37);(H2,1,2,3,4)/t16-;/m0./s1. The second-order valence-corrected chi connectivity index (χ2v) is 11.4. The van der Waals surface area contributed by atoms with Crippen molar-refractivity contribution >= 4 is 38.2 Å². The topological polar surface area (TPSA) is 184 Å². The van der Waals surface area contributed by atoms with Gasteiger partial charge >= 0.3 is 10.4 Å². The van der Waals surface area contributed by atoms with Crippen LogP contribution in [0, 0.1) is 17.5 Å². The van der Waals surface area contributed by atoms with Gasteiger partial charge in [-0.2, -0.15) is 13.5 Å². The molecule has 0 fully saturated rings. The normalized spacial score (nSPS) is 12.3. The Balaban J connectivity index is 0.000000807. The zero-order valence-electron chi connectivity index (χ0n) is 24.8. The Morgan fingerprint density at radius 3 is 2.30 bits per heavy atom. The highest BCUT2D eigenvalue weighted by atomic mass is 32.3. The van der Waals surface area contributed by atoms with Crippen LogP contribution in [0.1, 0.15) is 32.6 Å². The van der Waals surface area contributed by atoms with Crippen molar-refractivity contribution in [1.29, 1.82) is 0 Å². The predicted octanol–water partition coefficient (Wildman–Crippen LogP) is 6.01. The Morgan fingerprint density at radius 2 is 1.64 bits per heavy atom. The molecule has 12 nitrogen and oxygen atoms in total. The number of hydrogen-bond acceptors (Lipinski definition) is 9. The molecule has 0 amide bonds. The van der Waals surface area contributed by atoms with Crippen LogP contribution in [0.3, 0.4) is 0 Å². The summed E-state index contributed by atoms with van der Waals surface area (Å²) in [5.74, 6) is -1.45. The maximum absolute atomic E-state index is 15.0. The average Bonchev–Trinajstić information content (AvgIpc) is 3.38. The van der Waals surface area contributed by atoms with Crippen LogP contribution in [0.25, 0.3) is 44.4 Å². The first kappa shape index (κ1) is 33.1. The molecule has 6 rings (SSSR count). The molecule has 47 heavy (non-hydrogen) atoms. The number of nitrogen functional groups attached to an aromatic ring is 1. The summed E-state index contributed by atoms with van der Waals surface area (Å²) >= 11 is 0. The molecule has 0 saturated carbocycles. The molecule has 6 aromatic rings. The molecule has 0 radical (unpaired) electrons. The number of hydrogen-bond donors (Lipinski definition) is 3. The maximum atomic E-state index is 15.0. The third kappa shape index (κ3) is 7.09. The molecule has 0 spiro atoms. The van der Waals surface area contributed by atoms with E-state index in [2.05, 4.69) is 9.97 Å². The van der Waals surface area contributed by atoms with E-state index in [0.29, 0.717) is 22.3 Å². The van der Waals surface area contributed by atoms with E-state index < -0.39 is 39.3 Å². The van der Waals surface area contributed by atoms with Crippen molar-refractivity contribution in [2.45, 2.75) is 32.9 Å². The fourth-order valence-corrected chi connectivity index (χ4v) is 4.97. The SMILES string of the molecule is CC(C)Oc1ccc(-c2nn([C@@H](C)c3oc4ccc(F)cc4c(=O)c3-c3cccc(F)c3)c3ncnc(N)c23)cc1F.O=S(=O)(O)O. The van der Waals surface area contributed by atoms with Gasteiger partial charge in [0.05, 0.1) is 22.4 Å². The molecule has 0 saturated heterocycles.